The smallest absolute Gasteiger partial charge is 0.331 e. The van der Waals surface area contributed by atoms with E-state index >= 15 is 0 Å². The predicted molar refractivity (Wildman–Crippen MR) is 103 cm³/mol. The summed E-state index contributed by atoms with van der Waals surface area (Å²) in [5.41, 5.74) is -0.429. The molecule has 0 N–H and O–H groups in total. The molecule has 0 atom stereocenters. The summed E-state index contributed by atoms with van der Waals surface area (Å²) >= 11 is 3.04. The molecular weight excluding hydrogens is 356 g/mol. The number of esters is 1. The Kier molecular flexibility index (Phi) is 4.79. The van der Waals surface area contributed by atoms with Crippen LogP contribution < -0.4 is 5.56 Å². The van der Waals surface area contributed by atoms with Gasteiger partial charge < -0.3 is 4.74 Å². The fraction of sp³-hybridized carbons (Fsp3) is 0.389. The second-order valence-corrected chi connectivity index (χ2v) is 7.91. The molecule has 25 heavy (non-hydrogen) atoms. The van der Waals surface area contributed by atoms with E-state index in [1.165, 1.54) is 15.9 Å². The maximum atomic E-state index is 13.4. The van der Waals surface area contributed by atoms with E-state index in [1.54, 1.807) is 32.1 Å². The van der Waals surface area contributed by atoms with Crippen LogP contribution in [0.4, 0.5) is 0 Å². The molecule has 0 spiro atoms. The van der Waals surface area contributed by atoms with Crippen LogP contribution in [0.3, 0.4) is 0 Å². The number of hydrogen-bond acceptors (Lipinski definition) is 6. The minimum Gasteiger partial charge on any atom is -0.464 e. The van der Waals surface area contributed by atoms with Crippen LogP contribution in [0.15, 0.2) is 27.7 Å². The van der Waals surface area contributed by atoms with E-state index < -0.39 is 11.5 Å². The van der Waals surface area contributed by atoms with Gasteiger partial charge in [0.2, 0.25) is 0 Å². The average molecular weight is 377 g/mol. The van der Waals surface area contributed by atoms with Gasteiger partial charge in [0.25, 0.3) is 5.56 Å². The molecule has 0 aliphatic rings. The van der Waals surface area contributed by atoms with Gasteiger partial charge in [-0.25, -0.2) is 9.78 Å². The van der Waals surface area contributed by atoms with Crippen molar-refractivity contribution in [1.29, 1.82) is 0 Å². The number of nitrogens with zero attached hydrogens (tertiary/aromatic N) is 2. The summed E-state index contributed by atoms with van der Waals surface area (Å²) in [6.45, 7) is 7.37. The molecule has 3 aromatic rings. The third kappa shape index (κ3) is 2.91. The lowest BCUT2D eigenvalue weighted by molar-refractivity contribution is -0.152. The first kappa shape index (κ1) is 17.8. The minimum atomic E-state index is -1.12. The highest BCUT2D eigenvalue weighted by Crippen LogP contribution is 2.34. The van der Waals surface area contributed by atoms with Gasteiger partial charge in [0, 0.05) is 22.2 Å². The lowest BCUT2D eigenvalue weighted by Crippen LogP contribution is -2.45. The normalized spacial score (nSPS) is 11.8. The number of aryl methyl sites for hydroxylation is 1. The van der Waals surface area contributed by atoms with Crippen molar-refractivity contribution >= 4 is 38.9 Å². The van der Waals surface area contributed by atoms with E-state index in [0.717, 1.165) is 10.4 Å². The highest BCUT2D eigenvalue weighted by atomic mass is 32.1. The number of carbonyl (C=O) groups excluding carboxylic acids is 1. The molecule has 0 aliphatic carbocycles. The molecule has 0 amide bonds. The van der Waals surface area contributed by atoms with Crippen LogP contribution in [-0.4, -0.2) is 22.1 Å². The Hall–Kier alpha value is -1.99. The van der Waals surface area contributed by atoms with Crippen molar-refractivity contribution < 1.29 is 9.53 Å². The van der Waals surface area contributed by atoms with E-state index in [0.29, 0.717) is 22.5 Å². The Morgan fingerprint density at radius 2 is 2.08 bits per heavy atom. The molecule has 0 aliphatic heterocycles. The van der Waals surface area contributed by atoms with E-state index in [4.69, 9.17) is 4.74 Å². The third-order valence-electron chi connectivity index (χ3n) is 4.11. The van der Waals surface area contributed by atoms with Crippen molar-refractivity contribution in [1.82, 2.24) is 9.55 Å². The highest BCUT2D eigenvalue weighted by molar-refractivity contribution is 7.18. The number of aromatic nitrogens is 2. The Morgan fingerprint density at radius 1 is 1.32 bits per heavy atom. The van der Waals surface area contributed by atoms with Crippen LogP contribution in [0, 0.1) is 0 Å². The third-order valence-corrected chi connectivity index (χ3v) is 5.89. The Morgan fingerprint density at radius 3 is 2.68 bits per heavy atom. The summed E-state index contributed by atoms with van der Waals surface area (Å²) in [7, 11) is 0. The first-order valence-corrected chi connectivity index (χ1v) is 9.92. The van der Waals surface area contributed by atoms with Crippen LogP contribution in [0.25, 0.3) is 20.7 Å². The molecule has 3 rings (SSSR count). The topological polar surface area (TPSA) is 61.2 Å². The first-order valence-electron chi connectivity index (χ1n) is 8.16. The van der Waals surface area contributed by atoms with Gasteiger partial charge in [-0.2, -0.15) is 0 Å². The van der Waals surface area contributed by atoms with Gasteiger partial charge in [-0.3, -0.25) is 9.36 Å². The van der Waals surface area contributed by atoms with Crippen molar-refractivity contribution in [2.24, 2.45) is 0 Å². The number of fused-ring (bicyclic) bond motifs is 1. The second-order valence-electron chi connectivity index (χ2n) is 6.11. The average Bonchev–Trinajstić information content (AvgIpc) is 3.23. The maximum absolute atomic E-state index is 13.4. The van der Waals surface area contributed by atoms with Crippen LogP contribution in [0.1, 0.15) is 33.5 Å². The fourth-order valence-corrected chi connectivity index (χ4v) is 4.63. The molecule has 0 unspecified atom stereocenters. The standard InChI is InChI=1S/C18H20N2O3S2/c1-5-13-19-15-14(11(10-25-15)12-8-7-9-24-12)16(21)20(13)18(3,4)17(22)23-6-2/h7-10H,5-6H2,1-4H3. The van der Waals surface area contributed by atoms with Crippen LogP contribution in [-0.2, 0) is 21.5 Å². The number of thiophene rings is 2. The number of carbonyl (C=O) groups is 1. The lowest BCUT2D eigenvalue weighted by atomic mass is 10.0. The Bertz CT molecular complexity index is 968. The monoisotopic (exact) mass is 376 g/mol. The van der Waals surface area contributed by atoms with Crippen LogP contribution in [0.2, 0.25) is 0 Å². The van der Waals surface area contributed by atoms with Crippen molar-refractivity contribution in [3.63, 3.8) is 0 Å². The molecule has 0 aromatic carbocycles. The number of rotatable bonds is 5. The lowest BCUT2D eigenvalue weighted by Gasteiger charge is -2.27. The number of ether oxygens (including phenoxy) is 1. The molecule has 3 aromatic heterocycles. The molecule has 132 valence electrons. The Labute approximate surface area is 153 Å². The maximum Gasteiger partial charge on any atom is 0.331 e. The largest absolute Gasteiger partial charge is 0.464 e. The quantitative estimate of drug-likeness (QED) is 0.630. The molecule has 0 bridgehead atoms. The van der Waals surface area contributed by atoms with Crippen molar-refractivity contribution in [2.45, 2.75) is 39.7 Å². The van der Waals surface area contributed by atoms with Gasteiger partial charge in [0.05, 0.1) is 12.0 Å². The second kappa shape index (κ2) is 6.72. The first-order chi connectivity index (χ1) is 11.9. The molecule has 3 heterocycles. The molecule has 0 radical (unpaired) electrons. The SMILES string of the molecule is CCOC(=O)C(C)(C)n1c(CC)nc2scc(-c3cccs3)c2c1=O. The molecule has 0 fully saturated rings. The summed E-state index contributed by atoms with van der Waals surface area (Å²) in [5, 5.41) is 4.52. The molecular formula is C18H20N2O3S2. The Balaban J connectivity index is 2.31. The van der Waals surface area contributed by atoms with Gasteiger partial charge in [-0.05, 0) is 32.2 Å². The summed E-state index contributed by atoms with van der Waals surface area (Å²) in [5.74, 6) is 0.163. The van der Waals surface area contributed by atoms with E-state index in [1.807, 2.05) is 29.8 Å². The summed E-state index contributed by atoms with van der Waals surface area (Å²) in [6.07, 6.45) is 0.556. The molecule has 0 saturated heterocycles. The summed E-state index contributed by atoms with van der Waals surface area (Å²) in [4.78, 5) is 32.2. The van der Waals surface area contributed by atoms with E-state index in [-0.39, 0.29) is 12.2 Å². The zero-order valence-corrected chi connectivity index (χ0v) is 16.3. The van der Waals surface area contributed by atoms with Gasteiger partial charge in [-0.15, -0.1) is 22.7 Å². The molecule has 5 nitrogen and oxygen atoms in total. The summed E-state index contributed by atoms with van der Waals surface area (Å²) < 4.78 is 6.69. The highest BCUT2D eigenvalue weighted by Gasteiger charge is 2.35. The molecule has 7 heteroatoms. The van der Waals surface area contributed by atoms with Gasteiger partial charge in [0.1, 0.15) is 16.2 Å². The van der Waals surface area contributed by atoms with Gasteiger partial charge in [0.15, 0.2) is 0 Å². The van der Waals surface area contributed by atoms with Crippen molar-refractivity contribution in [3.05, 3.63) is 39.1 Å². The van der Waals surface area contributed by atoms with Gasteiger partial charge >= 0.3 is 5.97 Å². The zero-order valence-electron chi connectivity index (χ0n) is 14.7. The predicted octanol–water partition coefficient (Wildman–Crippen LogP) is 4.05. The molecule has 0 saturated carbocycles. The van der Waals surface area contributed by atoms with Crippen LogP contribution >= 0.6 is 22.7 Å². The minimum absolute atomic E-state index is 0.190. The zero-order chi connectivity index (χ0) is 18.2. The van der Waals surface area contributed by atoms with E-state index in [9.17, 15) is 9.59 Å². The van der Waals surface area contributed by atoms with Crippen LogP contribution in [0.5, 0.6) is 0 Å². The van der Waals surface area contributed by atoms with Crippen molar-refractivity contribution in [2.75, 3.05) is 6.61 Å². The summed E-state index contributed by atoms with van der Waals surface area (Å²) in [6, 6.07) is 3.94. The van der Waals surface area contributed by atoms with E-state index in [2.05, 4.69) is 4.98 Å². The number of hydrogen-bond donors (Lipinski definition) is 0. The van der Waals surface area contributed by atoms with Crippen molar-refractivity contribution in [3.8, 4) is 10.4 Å². The van der Waals surface area contributed by atoms with Gasteiger partial charge in [-0.1, -0.05) is 13.0 Å². The fourth-order valence-electron chi connectivity index (χ4n) is 2.86.